The molecular weight excluding hydrogens is 276 g/mol. The summed E-state index contributed by atoms with van der Waals surface area (Å²) in [5.41, 5.74) is 0.385. The standard InChI is InChI=1S/C14H18N2O5/c1-2-20-13-11(4-3-5-15-13)14(19)16-6-7-21-10(9-16)8-12(17)18/h3-5,10H,2,6-9H2,1H3,(H,17,18). The number of aliphatic carboxylic acids is 1. The first-order chi connectivity index (χ1) is 10.1. The third-order valence-electron chi connectivity index (χ3n) is 3.11. The molecule has 0 bridgehead atoms. The molecule has 1 atom stereocenters. The molecule has 2 heterocycles. The summed E-state index contributed by atoms with van der Waals surface area (Å²) in [4.78, 5) is 28.9. The minimum Gasteiger partial charge on any atom is -0.481 e. The van der Waals surface area contributed by atoms with Crippen molar-refractivity contribution >= 4 is 11.9 Å². The molecule has 7 heteroatoms. The van der Waals surface area contributed by atoms with Gasteiger partial charge in [0.1, 0.15) is 5.56 Å². The second kappa shape index (κ2) is 7.03. The lowest BCUT2D eigenvalue weighted by molar-refractivity contribution is -0.141. The molecule has 1 unspecified atom stereocenters. The second-order valence-corrected chi connectivity index (χ2v) is 4.63. The molecule has 1 fully saturated rings. The first kappa shape index (κ1) is 15.2. The third kappa shape index (κ3) is 3.91. The van der Waals surface area contributed by atoms with Crippen LogP contribution in [0.3, 0.4) is 0 Å². The van der Waals surface area contributed by atoms with Crippen LogP contribution in [0.4, 0.5) is 0 Å². The smallest absolute Gasteiger partial charge is 0.306 e. The lowest BCUT2D eigenvalue weighted by Crippen LogP contribution is -2.46. The lowest BCUT2D eigenvalue weighted by Gasteiger charge is -2.32. The average Bonchev–Trinajstić information content (AvgIpc) is 2.47. The summed E-state index contributed by atoms with van der Waals surface area (Å²) < 4.78 is 10.7. The number of carboxylic acids is 1. The predicted molar refractivity (Wildman–Crippen MR) is 73.3 cm³/mol. The third-order valence-corrected chi connectivity index (χ3v) is 3.11. The maximum atomic E-state index is 12.5. The molecule has 1 amide bonds. The number of carboxylic acid groups (broad SMARTS) is 1. The number of carbonyl (C=O) groups is 2. The zero-order valence-electron chi connectivity index (χ0n) is 11.8. The second-order valence-electron chi connectivity index (χ2n) is 4.63. The Kier molecular flexibility index (Phi) is 5.10. The van der Waals surface area contributed by atoms with E-state index in [0.29, 0.717) is 31.2 Å². The average molecular weight is 294 g/mol. The molecule has 1 N–H and O–H groups in total. The van der Waals surface area contributed by atoms with Crippen LogP contribution in [0, 0.1) is 0 Å². The van der Waals surface area contributed by atoms with Crippen molar-refractivity contribution in [2.45, 2.75) is 19.4 Å². The summed E-state index contributed by atoms with van der Waals surface area (Å²) in [5, 5.41) is 8.81. The van der Waals surface area contributed by atoms with E-state index in [2.05, 4.69) is 4.98 Å². The van der Waals surface area contributed by atoms with Crippen molar-refractivity contribution in [1.29, 1.82) is 0 Å². The SMILES string of the molecule is CCOc1ncccc1C(=O)N1CCOC(CC(=O)O)C1. The fourth-order valence-electron chi connectivity index (χ4n) is 2.20. The Hall–Kier alpha value is -2.15. The topological polar surface area (TPSA) is 89.0 Å². The highest BCUT2D eigenvalue weighted by atomic mass is 16.5. The van der Waals surface area contributed by atoms with E-state index in [9.17, 15) is 9.59 Å². The number of hydrogen-bond acceptors (Lipinski definition) is 5. The highest BCUT2D eigenvalue weighted by Gasteiger charge is 2.28. The highest BCUT2D eigenvalue weighted by molar-refractivity contribution is 5.96. The molecule has 0 aromatic carbocycles. The molecule has 0 aliphatic carbocycles. The van der Waals surface area contributed by atoms with Crippen LogP contribution < -0.4 is 4.74 Å². The van der Waals surface area contributed by atoms with Crippen molar-refractivity contribution < 1.29 is 24.2 Å². The molecule has 1 aromatic rings. The van der Waals surface area contributed by atoms with Gasteiger partial charge in [0.2, 0.25) is 5.88 Å². The number of morpholine rings is 1. The molecule has 1 aromatic heterocycles. The van der Waals surface area contributed by atoms with Crippen molar-refractivity contribution in [2.75, 3.05) is 26.3 Å². The van der Waals surface area contributed by atoms with Crippen LogP contribution in [0.25, 0.3) is 0 Å². The fraction of sp³-hybridized carbons (Fsp3) is 0.500. The Labute approximate surface area is 122 Å². The van der Waals surface area contributed by atoms with Crippen LogP contribution in [0.15, 0.2) is 18.3 Å². The molecule has 7 nitrogen and oxygen atoms in total. The molecule has 0 saturated carbocycles. The van der Waals surface area contributed by atoms with E-state index >= 15 is 0 Å². The van der Waals surface area contributed by atoms with Gasteiger partial charge in [0.25, 0.3) is 5.91 Å². The van der Waals surface area contributed by atoms with E-state index in [4.69, 9.17) is 14.6 Å². The number of nitrogens with zero attached hydrogens (tertiary/aromatic N) is 2. The number of aromatic nitrogens is 1. The Bertz CT molecular complexity index is 520. The predicted octanol–water partition coefficient (Wildman–Crippen LogP) is 0.796. The summed E-state index contributed by atoms with van der Waals surface area (Å²) in [7, 11) is 0. The number of pyridine rings is 1. The first-order valence-electron chi connectivity index (χ1n) is 6.82. The monoisotopic (exact) mass is 294 g/mol. The van der Waals surface area contributed by atoms with E-state index in [0.717, 1.165) is 0 Å². The molecule has 114 valence electrons. The van der Waals surface area contributed by atoms with Crippen molar-refractivity contribution in [1.82, 2.24) is 9.88 Å². The Balaban J connectivity index is 2.10. The van der Waals surface area contributed by atoms with Gasteiger partial charge in [-0.2, -0.15) is 0 Å². The number of rotatable bonds is 5. The van der Waals surface area contributed by atoms with Crippen LogP contribution in [0.2, 0.25) is 0 Å². The van der Waals surface area contributed by atoms with Gasteiger partial charge in [0.05, 0.1) is 25.7 Å². The number of hydrogen-bond donors (Lipinski definition) is 1. The maximum absolute atomic E-state index is 12.5. The Morgan fingerprint density at radius 2 is 2.38 bits per heavy atom. The molecule has 2 rings (SSSR count). The highest BCUT2D eigenvalue weighted by Crippen LogP contribution is 2.19. The number of amides is 1. The van der Waals surface area contributed by atoms with Gasteiger partial charge in [0, 0.05) is 19.3 Å². The van der Waals surface area contributed by atoms with Crippen molar-refractivity contribution in [2.24, 2.45) is 0 Å². The maximum Gasteiger partial charge on any atom is 0.306 e. The van der Waals surface area contributed by atoms with Crippen LogP contribution in [-0.2, 0) is 9.53 Å². The van der Waals surface area contributed by atoms with E-state index in [1.54, 1.807) is 23.2 Å². The summed E-state index contributed by atoms with van der Waals surface area (Å²) >= 11 is 0. The largest absolute Gasteiger partial charge is 0.481 e. The quantitative estimate of drug-likeness (QED) is 0.864. The van der Waals surface area contributed by atoms with Crippen LogP contribution in [0.1, 0.15) is 23.7 Å². The normalized spacial score (nSPS) is 18.3. The molecule has 1 saturated heterocycles. The van der Waals surface area contributed by atoms with Crippen molar-refractivity contribution in [3.8, 4) is 5.88 Å². The van der Waals surface area contributed by atoms with Crippen LogP contribution >= 0.6 is 0 Å². The van der Waals surface area contributed by atoms with Gasteiger partial charge in [-0.3, -0.25) is 9.59 Å². The Morgan fingerprint density at radius 1 is 1.57 bits per heavy atom. The van der Waals surface area contributed by atoms with Gasteiger partial charge in [-0.05, 0) is 19.1 Å². The zero-order chi connectivity index (χ0) is 15.2. The van der Waals surface area contributed by atoms with Gasteiger partial charge in [-0.25, -0.2) is 4.98 Å². The zero-order valence-corrected chi connectivity index (χ0v) is 11.8. The van der Waals surface area contributed by atoms with Crippen molar-refractivity contribution in [3.05, 3.63) is 23.9 Å². The molecule has 0 spiro atoms. The van der Waals surface area contributed by atoms with E-state index in [1.165, 1.54) is 0 Å². The van der Waals surface area contributed by atoms with Crippen LogP contribution in [-0.4, -0.2) is 59.3 Å². The first-order valence-corrected chi connectivity index (χ1v) is 6.82. The summed E-state index contributed by atoms with van der Waals surface area (Å²) in [6.45, 7) is 3.25. The molecule has 21 heavy (non-hydrogen) atoms. The van der Waals surface area contributed by atoms with E-state index in [1.807, 2.05) is 6.92 Å². The van der Waals surface area contributed by atoms with Gasteiger partial charge >= 0.3 is 5.97 Å². The summed E-state index contributed by atoms with van der Waals surface area (Å²) in [6, 6.07) is 3.33. The number of ether oxygens (including phenoxy) is 2. The van der Waals surface area contributed by atoms with Gasteiger partial charge < -0.3 is 19.5 Å². The minimum atomic E-state index is -0.939. The molecule has 1 aliphatic rings. The van der Waals surface area contributed by atoms with Crippen molar-refractivity contribution in [3.63, 3.8) is 0 Å². The van der Waals surface area contributed by atoms with Gasteiger partial charge in [-0.1, -0.05) is 0 Å². The minimum absolute atomic E-state index is 0.116. The summed E-state index contributed by atoms with van der Waals surface area (Å²) in [5.74, 6) is -0.859. The van der Waals surface area contributed by atoms with Crippen LogP contribution in [0.5, 0.6) is 5.88 Å². The lowest BCUT2D eigenvalue weighted by atomic mass is 10.1. The van der Waals surface area contributed by atoms with Gasteiger partial charge in [0.15, 0.2) is 0 Å². The molecule has 0 radical (unpaired) electrons. The van der Waals surface area contributed by atoms with Gasteiger partial charge in [-0.15, -0.1) is 0 Å². The molecule has 1 aliphatic heterocycles. The summed E-state index contributed by atoms with van der Waals surface area (Å²) in [6.07, 6.45) is 0.969. The fourth-order valence-corrected chi connectivity index (χ4v) is 2.20. The van der Waals surface area contributed by atoms with E-state index < -0.39 is 12.1 Å². The Morgan fingerprint density at radius 3 is 3.10 bits per heavy atom. The number of carbonyl (C=O) groups excluding carboxylic acids is 1. The molecular formula is C14H18N2O5. The van der Waals surface area contributed by atoms with E-state index in [-0.39, 0.29) is 18.9 Å².